The lowest BCUT2D eigenvalue weighted by Gasteiger charge is -2.36. The van der Waals surface area contributed by atoms with Crippen LogP contribution in [-0.4, -0.2) is 30.6 Å². The van der Waals surface area contributed by atoms with Crippen molar-refractivity contribution in [3.63, 3.8) is 0 Å². The van der Waals surface area contributed by atoms with Crippen LogP contribution in [0.4, 0.5) is 5.82 Å². The van der Waals surface area contributed by atoms with Crippen molar-refractivity contribution < 1.29 is 9.16 Å². The van der Waals surface area contributed by atoms with Gasteiger partial charge in [0.25, 0.3) is 0 Å². The zero-order chi connectivity index (χ0) is 16.5. The quantitative estimate of drug-likeness (QED) is 0.861. The van der Waals surface area contributed by atoms with Crippen LogP contribution in [0.3, 0.4) is 0 Å². The second kappa shape index (κ2) is 6.14. The molecule has 2 N–H and O–H groups in total. The maximum atomic E-state index is 11.8. The maximum absolute atomic E-state index is 11.8. The van der Waals surface area contributed by atoms with Crippen molar-refractivity contribution in [1.29, 1.82) is 0 Å². The van der Waals surface area contributed by atoms with E-state index in [0.717, 1.165) is 12.8 Å². The number of aromatic nitrogens is 2. The van der Waals surface area contributed by atoms with Gasteiger partial charge in [-0.05, 0) is 37.0 Å². The molecular formula is C15H27N3O3Si. The van der Waals surface area contributed by atoms with Crippen molar-refractivity contribution in [3.8, 4) is 0 Å². The van der Waals surface area contributed by atoms with E-state index < -0.39 is 8.32 Å². The first-order chi connectivity index (χ1) is 10.1. The number of nitrogens with zero attached hydrogens (tertiary/aromatic N) is 2. The van der Waals surface area contributed by atoms with E-state index in [1.807, 2.05) is 0 Å². The minimum Gasteiger partial charge on any atom is -0.414 e. The zero-order valence-corrected chi connectivity index (χ0v) is 15.1. The van der Waals surface area contributed by atoms with Crippen molar-refractivity contribution >= 4 is 14.1 Å². The van der Waals surface area contributed by atoms with Gasteiger partial charge in [-0.2, -0.15) is 4.98 Å². The molecule has 124 valence electrons. The average Bonchev–Trinajstić information content (AvgIpc) is 2.83. The Morgan fingerprint density at radius 3 is 2.73 bits per heavy atom. The Kier molecular flexibility index (Phi) is 4.79. The van der Waals surface area contributed by atoms with Gasteiger partial charge in [0.15, 0.2) is 8.32 Å². The molecule has 0 bridgehead atoms. The highest BCUT2D eigenvalue weighted by molar-refractivity contribution is 6.74. The van der Waals surface area contributed by atoms with Crippen LogP contribution in [0.1, 0.15) is 39.8 Å². The molecule has 2 atom stereocenters. The van der Waals surface area contributed by atoms with Gasteiger partial charge >= 0.3 is 5.69 Å². The Bertz CT molecular complexity index is 580. The molecular weight excluding hydrogens is 298 g/mol. The average molecular weight is 325 g/mol. The van der Waals surface area contributed by atoms with Gasteiger partial charge < -0.3 is 14.9 Å². The molecule has 0 radical (unpaired) electrons. The highest BCUT2D eigenvalue weighted by Crippen LogP contribution is 2.37. The van der Waals surface area contributed by atoms with Crippen LogP contribution in [0.15, 0.2) is 17.1 Å². The fourth-order valence-corrected chi connectivity index (χ4v) is 3.21. The van der Waals surface area contributed by atoms with Gasteiger partial charge in [-0.3, -0.25) is 4.57 Å². The highest BCUT2D eigenvalue weighted by atomic mass is 28.4. The van der Waals surface area contributed by atoms with Crippen LogP contribution < -0.4 is 11.4 Å². The Labute approximate surface area is 132 Å². The van der Waals surface area contributed by atoms with E-state index in [2.05, 4.69) is 38.8 Å². The number of ether oxygens (including phenoxy) is 1. The second-order valence-corrected chi connectivity index (χ2v) is 12.2. The largest absolute Gasteiger partial charge is 0.414 e. The summed E-state index contributed by atoms with van der Waals surface area (Å²) in [5, 5.41) is 0.183. The van der Waals surface area contributed by atoms with Crippen LogP contribution in [0.25, 0.3) is 0 Å². The number of hydrogen-bond acceptors (Lipinski definition) is 5. The molecule has 1 saturated heterocycles. The van der Waals surface area contributed by atoms with Gasteiger partial charge in [0.2, 0.25) is 0 Å². The predicted octanol–water partition coefficient (Wildman–Crippen LogP) is 2.52. The van der Waals surface area contributed by atoms with Gasteiger partial charge in [0.1, 0.15) is 12.0 Å². The van der Waals surface area contributed by atoms with Gasteiger partial charge in [0.05, 0.1) is 12.7 Å². The molecule has 1 aliphatic heterocycles. The molecule has 1 fully saturated rings. The van der Waals surface area contributed by atoms with Gasteiger partial charge in [-0.15, -0.1) is 0 Å². The molecule has 6 nitrogen and oxygen atoms in total. The molecule has 7 heteroatoms. The molecule has 0 aromatic carbocycles. The Morgan fingerprint density at radius 1 is 1.45 bits per heavy atom. The SMILES string of the molecule is CC(C)(C)[Si](C)(C)OC[C@H]1CC[C@@H](n2ccc(N)nc2=O)O1. The summed E-state index contributed by atoms with van der Waals surface area (Å²) in [5.74, 6) is 0.233. The van der Waals surface area contributed by atoms with Crippen LogP contribution >= 0.6 is 0 Å². The summed E-state index contributed by atoms with van der Waals surface area (Å²) in [6, 6.07) is 1.62. The van der Waals surface area contributed by atoms with Crippen LogP contribution in [0.5, 0.6) is 0 Å². The van der Waals surface area contributed by atoms with Gasteiger partial charge in [0, 0.05) is 6.20 Å². The standard InChI is InChI=1S/C15H27N3O3Si/c1-15(2,3)22(4,5)20-10-11-6-7-13(21-11)18-9-8-12(16)17-14(18)19/h8-9,11,13H,6-7,10H2,1-5H3,(H2,16,17,19)/t11-,13+/m1/s1. The van der Waals surface area contributed by atoms with Gasteiger partial charge in [-0.25, -0.2) is 4.79 Å². The second-order valence-electron chi connectivity index (χ2n) is 7.40. The molecule has 1 aliphatic rings. The van der Waals surface area contributed by atoms with Crippen LogP contribution in [0.2, 0.25) is 18.1 Å². The summed E-state index contributed by atoms with van der Waals surface area (Å²) in [7, 11) is -1.77. The molecule has 0 saturated carbocycles. The first-order valence-corrected chi connectivity index (χ1v) is 10.6. The number of nitrogens with two attached hydrogens (primary N) is 1. The number of anilines is 1. The summed E-state index contributed by atoms with van der Waals surface area (Å²) in [4.78, 5) is 15.6. The molecule has 0 spiro atoms. The van der Waals surface area contributed by atoms with Crippen LogP contribution in [0, 0.1) is 0 Å². The fraction of sp³-hybridized carbons (Fsp3) is 0.733. The van der Waals surface area contributed by atoms with E-state index in [9.17, 15) is 4.79 Å². The van der Waals surface area contributed by atoms with Crippen LogP contribution in [-0.2, 0) is 9.16 Å². The third kappa shape index (κ3) is 3.77. The maximum Gasteiger partial charge on any atom is 0.351 e. The first kappa shape index (κ1) is 17.2. The summed E-state index contributed by atoms with van der Waals surface area (Å²) in [6.45, 7) is 11.7. The first-order valence-electron chi connectivity index (χ1n) is 7.74. The smallest absolute Gasteiger partial charge is 0.351 e. The van der Waals surface area contributed by atoms with E-state index in [1.165, 1.54) is 4.57 Å². The van der Waals surface area contributed by atoms with E-state index >= 15 is 0 Å². The van der Waals surface area contributed by atoms with Crippen molar-refractivity contribution in [2.24, 2.45) is 0 Å². The zero-order valence-electron chi connectivity index (χ0n) is 14.1. The highest BCUT2D eigenvalue weighted by Gasteiger charge is 2.38. The van der Waals surface area contributed by atoms with E-state index in [4.69, 9.17) is 14.9 Å². The number of hydrogen-bond donors (Lipinski definition) is 1. The van der Waals surface area contributed by atoms with Crippen molar-refractivity contribution in [1.82, 2.24) is 9.55 Å². The molecule has 2 heterocycles. The summed E-state index contributed by atoms with van der Waals surface area (Å²) in [6.07, 6.45) is 3.08. The van der Waals surface area contributed by atoms with Crippen molar-refractivity contribution in [2.75, 3.05) is 12.3 Å². The van der Waals surface area contributed by atoms with Crippen molar-refractivity contribution in [3.05, 3.63) is 22.7 Å². The van der Waals surface area contributed by atoms with E-state index in [0.29, 0.717) is 6.61 Å². The Hall–Kier alpha value is -1.18. The summed E-state index contributed by atoms with van der Waals surface area (Å²) in [5.41, 5.74) is 5.14. The minimum atomic E-state index is -1.77. The molecule has 22 heavy (non-hydrogen) atoms. The molecule has 0 unspecified atom stereocenters. The monoisotopic (exact) mass is 325 g/mol. The topological polar surface area (TPSA) is 79.4 Å². The third-order valence-corrected chi connectivity index (χ3v) is 9.18. The normalized spacial score (nSPS) is 23.0. The lowest BCUT2D eigenvalue weighted by Crippen LogP contribution is -2.42. The molecule has 1 aromatic heterocycles. The lowest BCUT2D eigenvalue weighted by molar-refractivity contribution is -0.0221. The summed E-state index contributed by atoms with van der Waals surface area (Å²) >= 11 is 0. The Morgan fingerprint density at radius 2 is 2.14 bits per heavy atom. The lowest BCUT2D eigenvalue weighted by atomic mass is 10.2. The van der Waals surface area contributed by atoms with E-state index in [-0.39, 0.29) is 28.9 Å². The summed E-state index contributed by atoms with van der Waals surface area (Å²) < 4.78 is 13.7. The molecule has 1 aromatic rings. The molecule has 0 amide bonds. The van der Waals surface area contributed by atoms with Gasteiger partial charge in [-0.1, -0.05) is 20.8 Å². The number of rotatable bonds is 4. The van der Waals surface area contributed by atoms with E-state index in [1.54, 1.807) is 12.3 Å². The molecule has 0 aliphatic carbocycles. The van der Waals surface area contributed by atoms with Crippen molar-refractivity contribution in [2.45, 2.75) is 64.1 Å². The molecule has 2 rings (SSSR count). The minimum absolute atomic E-state index is 0.0311. The Balaban J connectivity index is 1.95. The fourth-order valence-electron chi connectivity index (χ4n) is 2.18. The predicted molar refractivity (Wildman–Crippen MR) is 89.2 cm³/mol. The number of nitrogen functional groups attached to an aromatic ring is 1. The third-order valence-electron chi connectivity index (χ3n) is 4.68.